The van der Waals surface area contributed by atoms with Gasteiger partial charge in [0.2, 0.25) is 0 Å². The average Bonchev–Trinajstić information content (AvgIpc) is 2.49. The molecule has 17 heavy (non-hydrogen) atoms. The van der Waals surface area contributed by atoms with Gasteiger partial charge in [-0.15, -0.1) is 0 Å². The van der Waals surface area contributed by atoms with E-state index in [2.05, 4.69) is 21.2 Å². The smallest absolute Gasteiger partial charge is 0.137 e. The van der Waals surface area contributed by atoms with Gasteiger partial charge in [-0.1, -0.05) is 6.07 Å². The van der Waals surface area contributed by atoms with E-state index in [0.717, 1.165) is 25.1 Å². The summed E-state index contributed by atoms with van der Waals surface area (Å²) in [6.45, 7) is 1.61. The molecule has 1 N–H and O–H groups in total. The lowest BCUT2D eigenvalue weighted by atomic mass is 9.89. The Hall–Kier alpha value is -0.480. The third kappa shape index (κ3) is 3.49. The number of hydrogen-bond acceptors (Lipinski definition) is 1. The molecule has 94 valence electrons. The van der Waals surface area contributed by atoms with E-state index < -0.39 is 5.67 Å². The molecule has 1 atom stereocenters. The molecule has 4 heteroatoms. The van der Waals surface area contributed by atoms with Crippen LogP contribution in [0, 0.1) is 5.82 Å². The third-order valence-electron chi connectivity index (χ3n) is 3.23. The lowest BCUT2D eigenvalue weighted by molar-refractivity contribution is 0.144. The molecule has 1 fully saturated rings. The normalized spacial score (nSPS) is 25.6. The minimum absolute atomic E-state index is 0.302. The Bertz CT molecular complexity index is 387. The number of halogens is 3. The summed E-state index contributed by atoms with van der Waals surface area (Å²) in [7, 11) is 0. The summed E-state index contributed by atoms with van der Waals surface area (Å²) in [5, 5.41) is 3.20. The molecule has 0 bridgehead atoms. The molecule has 0 amide bonds. The summed E-state index contributed by atoms with van der Waals surface area (Å²) < 4.78 is 28.1. The van der Waals surface area contributed by atoms with Crippen LogP contribution in [-0.4, -0.2) is 18.8 Å². The Kier molecular flexibility index (Phi) is 4.15. The summed E-state index contributed by atoms with van der Waals surface area (Å²) in [6.07, 6.45) is 2.34. The zero-order chi connectivity index (χ0) is 12.3. The van der Waals surface area contributed by atoms with Crippen molar-refractivity contribution in [3.8, 4) is 0 Å². The van der Waals surface area contributed by atoms with E-state index in [1.54, 1.807) is 12.1 Å². The fraction of sp³-hybridized carbons (Fsp3) is 0.538. The highest BCUT2D eigenvalue weighted by Crippen LogP contribution is 2.30. The lowest BCUT2D eigenvalue weighted by Crippen LogP contribution is -2.27. The molecule has 0 aliphatic carbocycles. The van der Waals surface area contributed by atoms with Crippen LogP contribution in [0.1, 0.15) is 24.8 Å². The predicted molar refractivity (Wildman–Crippen MR) is 68.4 cm³/mol. The first-order valence-corrected chi connectivity index (χ1v) is 6.72. The SMILES string of the molecule is Fc1ccc(CC2(F)CCCNCC2)cc1Br. The standard InChI is InChI=1S/C13H16BrF2N/c14-11-8-10(2-3-12(11)15)9-13(16)4-1-6-17-7-5-13/h2-3,8,17H,1,4-7,9H2. The van der Waals surface area contributed by atoms with E-state index in [-0.39, 0.29) is 5.82 Å². The molecule has 1 aliphatic heterocycles. The summed E-state index contributed by atoms with van der Waals surface area (Å²) in [6, 6.07) is 4.73. The van der Waals surface area contributed by atoms with Crippen LogP contribution in [-0.2, 0) is 6.42 Å². The van der Waals surface area contributed by atoms with E-state index in [1.165, 1.54) is 6.07 Å². The van der Waals surface area contributed by atoms with Crippen molar-refractivity contribution in [2.75, 3.05) is 13.1 Å². The number of rotatable bonds is 2. The Labute approximate surface area is 109 Å². The van der Waals surface area contributed by atoms with Crippen LogP contribution in [0.15, 0.2) is 22.7 Å². The van der Waals surface area contributed by atoms with Gasteiger partial charge in [0.05, 0.1) is 4.47 Å². The lowest BCUT2D eigenvalue weighted by Gasteiger charge is -2.23. The molecule has 1 heterocycles. The Morgan fingerprint density at radius 1 is 1.29 bits per heavy atom. The maximum absolute atomic E-state index is 14.6. The molecule has 1 aromatic carbocycles. The molecule has 0 spiro atoms. The Morgan fingerprint density at radius 3 is 2.88 bits per heavy atom. The molecule has 1 nitrogen and oxygen atoms in total. The summed E-state index contributed by atoms with van der Waals surface area (Å²) in [4.78, 5) is 0. The first-order valence-electron chi connectivity index (χ1n) is 5.93. The fourth-order valence-corrected chi connectivity index (χ4v) is 2.71. The minimum atomic E-state index is -1.15. The van der Waals surface area contributed by atoms with E-state index in [4.69, 9.17) is 0 Å². The van der Waals surface area contributed by atoms with Crippen molar-refractivity contribution in [1.82, 2.24) is 5.32 Å². The largest absolute Gasteiger partial charge is 0.317 e. The fourth-order valence-electron chi connectivity index (χ4n) is 2.28. The summed E-state index contributed by atoms with van der Waals surface area (Å²) in [5.74, 6) is -0.302. The van der Waals surface area contributed by atoms with Gasteiger partial charge in [-0.05, 0) is 66.0 Å². The molecule has 1 unspecified atom stereocenters. The van der Waals surface area contributed by atoms with Gasteiger partial charge in [-0.3, -0.25) is 0 Å². The monoisotopic (exact) mass is 303 g/mol. The van der Waals surface area contributed by atoms with E-state index in [9.17, 15) is 8.78 Å². The minimum Gasteiger partial charge on any atom is -0.317 e. The second kappa shape index (κ2) is 5.44. The molecule has 0 saturated carbocycles. The molecular formula is C13H16BrF2N. The van der Waals surface area contributed by atoms with Crippen LogP contribution < -0.4 is 5.32 Å². The number of benzene rings is 1. The van der Waals surface area contributed by atoms with Crippen molar-refractivity contribution in [3.05, 3.63) is 34.1 Å². The van der Waals surface area contributed by atoms with Gasteiger partial charge in [-0.2, -0.15) is 0 Å². The molecule has 0 radical (unpaired) electrons. The zero-order valence-electron chi connectivity index (χ0n) is 9.61. The van der Waals surface area contributed by atoms with Gasteiger partial charge in [-0.25, -0.2) is 8.78 Å². The summed E-state index contributed by atoms with van der Waals surface area (Å²) in [5.41, 5.74) is -0.302. The van der Waals surface area contributed by atoms with Crippen LogP contribution >= 0.6 is 15.9 Å². The number of nitrogens with one attached hydrogen (secondary N) is 1. The maximum atomic E-state index is 14.6. The first-order chi connectivity index (χ1) is 8.09. The molecular weight excluding hydrogens is 288 g/mol. The molecule has 1 aromatic rings. The molecule has 2 rings (SSSR count). The van der Waals surface area contributed by atoms with Gasteiger partial charge < -0.3 is 5.32 Å². The molecule has 1 saturated heterocycles. The first kappa shape index (κ1) is 13.0. The second-order valence-electron chi connectivity index (χ2n) is 4.68. The van der Waals surface area contributed by atoms with E-state index in [1.807, 2.05) is 0 Å². The van der Waals surface area contributed by atoms with E-state index in [0.29, 0.717) is 23.7 Å². The van der Waals surface area contributed by atoms with Crippen molar-refractivity contribution in [2.45, 2.75) is 31.4 Å². The van der Waals surface area contributed by atoms with E-state index >= 15 is 0 Å². The predicted octanol–water partition coefficient (Wildman–Crippen LogP) is 3.61. The quantitative estimate of drug-likeness (QED) is 0.880. The topological polar surface area (TPSA) is 12.0 Å². The van der Waals surface area contributed by atoms with Gasteiger partial charge >= 0.3 is 0 Å². The maximum Gasteiger partial charge on any atom is 0.137 e. The van der Waals surface area contributed by atoms with Crippen molar-refractivity contribution >= 4 is 15.9 Å². The van der Waals surface area contributed by atoms with Crippen LogP contribution in [0.4, 0.5) is 8.78 Å². The van der Waals surface area contributed by atoms with Crippen molar-refractivity contribution < 1.29 is 8.78 Å². The van der Waals surface area contributed by atoms with Crippen LogP contribution in [0.3, 0.4) is 0 Å². The van der Waals surface area contributed by atoms with Crippen molar-refractivity contribution in [1.29, 1.82) is 0 Å². The Morgan fingerprint density at radius 2 is 2.12 bits per heavy atom. The van der Waals surface area contributed by atoms with Crippen molar-refractivity contribution in [2.24, 2.45) is 0 Å². The summed E-state index contributed by atoms with van der Waals surface area (Å²) >= 11 is 3.13. The van der Waals surface area contributed by atoms with Crippen LogP contribution in [0.25, 0.3) is 0 Å². The Balaban J connectivity index is 2.10. The number of alkyl halides is 1. The van der Waals surface area contributed by atoms with Gasteiger partial charge in [0.25, 0.3) is 0 Å². The van der Waals surface area contributed by atoms with Gasteiger partial charge in [0, 0.05) is 6.42 Å². The number of hydrogen-bond donors (Lipinski definition) is 1. The third-order valence-corrected chi connectivity index (χ3v) is 3.84. The van der Waals surface area contributed by atoms with Crippen LogP contribution in [0.2, 0.25) is 0 Å². The average molecular weight is 304 g/mol. The highest BCUT2D eigenvalue weighted by molar-refractivity contribution is 9.10. The second-order valence-corrected chi connectivity index (χ2v) is 5.53. The molecule has 0 aromatic heterocycles. The highest BCUT2D eigenvalue weighted by Gasteiger charge is 2.30. The van der Waals surface area contributed by atoms with Crippen LogP contribution in [0.5, 0.6) is 0 Å². The molecule has 1 aliphatic rings. The van der Waals surface area contributed by atoms with Gasteiger partial charge in [0.1, 0.15) is 11.5 Å². The highest BCUT2D eigenvalue weighted by atomic mass is 79.9. The van der Waals surface area contributed by atoms with Crippen molar-refractivity contribution in [3.63, 3.8) is 0 Å². The zero-order valence-corrected chi connectivity index (χ0v) is 11.2. The van der Waals surface area contributed by atoms with Gasteiger partial charge in [0.15, 0.2) is 0 Å².